The number of pyridine rings is 1. The van der Waals surface area contributed by atoms with E-state index in [-0.39, 0.29) is 27.1 Å². The Morgan fingerprint density at radius 2 is 0.884 bits per heavy atom. The number of fused-ring (bicyclic) bond motifs is 7. The van der Waals surface area contributed by atoms with E-state index in [0.29, 0.717) is 6.67 Å². The second kappa shape index (κ2) is 20.4. The Bertz CT molecular complexity index is 4490. The van der Waals surface area contributed by atoms with Gasteiger partial charge in [-0.15, -0.1) is 0 Å². The van der Waals surface area contributed by atoms with Crippen LogP contribution in [0.3, 0.4) is 0 Å². The fourth-order valence-electron chi connectivity index (χ4n) is 12.6. The first kappa shape index (κ1) is 56.3. The number of hydrogen-bond acceptors (Lipinski definition) is 4. The van der Waals surface area contributed by atoms with Crippen LogP contribution >= 0.6 is 0 Å². The van der Waals surface area contributed by atoms with Crippen LogP contribution in [-0.2, 0) is 27.1 Å². The van der Waals surface area contributed by atoms with Gasteiger partial charge in [0.1, 0.15) is 24.0 Å². The SMILES string of the molecule is CC(C)(C)c1cc(-c2ccc3c(c2)c2ccc(Oc4cccc(N5CN(c6cc(C(C)(C)C)cc(C(C)(C)C)c6)c6c(-c7ccc(-n8c9ccccc9c9ccccc98)cc7)cccc65)c4)cc2n3-c2cc(C(C)(C)C)ccn2)cc(C(C)(C)C)c1. The fraction of sp³-hybridized carbons (Fsp3) is 0.263. The standard InChI is InChI=1S/C80H81N5O/c1-76(2,3)54-38-39-81-74(47-54)85-71-37-32-52(53-40-55(77(4,5)6)43-56(41-53)78(7,8)9)42-68(71)67-36-35-63(49-73(67)85)86-62-23-20-22-60(48-62)82-50-83(61-45-57(79(10,11)12)44-58(46-61)80(13,14)15)75-64(26-21-29-72(75)82)51-30-33-59(34-31-51)84-69-27-18-16-24-65(69)66-25-17-19-28-70(66)84/h16-49H,50H2,1-15H3. The molecule has 0 aliphatic carbocycles. The zero-order valence-corrected chi connectivity index (χ0v) is 53.0. The molecule has 0 spiro atoms. The highest BCUT2D eigenvalue weighted by molar-refractivity contribution is 6.11. The van der Waals surface area contributed by atoms with Crippen LogP contribution < -0.4 is 14.5 Å². The molecule has 6 heteroatoms. The Hall–Kier alpha value is -8.87. The molecule has 0 fully saturated rings. The summed E-state index contributed by atoms with van der Waals surface area (Å²) in [7, 11) is 0. The summed E-state index contributed by atoms with van der Waals surface area (Å²) in [6, 6.07) is 74.4. The van der Waals surface area contributed by atoms with E-state index in [1.165, 1.54) is 83.1 Å². The second-order valence-corrected chi connectivity index (χ2v) is 29.2. The number of nitrogens with zero attached hydrogens (tertiary/aromatic N) is 5. The van der Waals surface area contributed by atoms with Gasteiger partial charge in [-0.1, -0.05) is 201 Å². The normalized spacial score (nSPS) is 13.4. The first-order valence-electron chi connectivity index (χ1n) is 30.7. The van der Waals surface area contributed by atoms with Crippen molar-refractivity contribution in [2.24, 2.45) is 0 Å². The second-order valence-electron chi connectivity index (χ2n) is 29.2. The van der Waals surface area contributed by atoms with E-state index in [1.54, 1.807) is 0 Å². The molecule has 9 aromatic carbocycles. The van der Waals surface area contributed by atoms with Gasteiger partial charge in [-0.05, 0) is 163 Å². The number of para-hydroxylation sites is 3. The van der Waals surface area contributed by atoms with Crippen molar-refractivity contribution in [1.82, 2.24) is 14.1 Å². The van der Waals surface area contributed by atoms with E-state index in [2.05, 4.69) is 323 Å². The highest BCUT2D eigenvalue weighted by Crippen LogP contribution is 2.51. The van der Waals surface area contributed by atoms with Crippen LogP contribution in [-0.4, -0.2) is 20.8 Å². The third-order valence-corrected chi connectivity index (χ3v) is 17.8. The summed E-state index contributed by atoms with van der Waals surface area (Å²) in [5.41, 5.74) is 21.3. The Kier molecular flexibility index (Phi) is 13.3. The summed E-state index contributed by atoms with van der Waals surface area (Å²) in [6.07, 6.45) is 1.95. The maximum Gasteiger partial charge on any atom is 0.137 e. The average molecular weight is 1130 g/mol. The Labute approximate surface area is 509 Å². The molecule has 4 heterocycles. The van der Waals surface area contributed by atoms with Crippen LogP contribution in [0.4, 0.5) is 22.7 Å². The van der Waals surface area contributed by atoms with Gasteiger partial charge in [-0.25, -0.2) is 4.98 Å². The molecule has 1 aliphatic heterocycles. The third-order valence-electron chi connectivity index (χ3n) is 17.8. The molecule has 432 valence electrons. The van der Waals surface area contributed by atoms with Gasteiger partial charge in [0, 0.05) is 62.5 Å². The predicted octanol–water partition coefficient (Wildman–Crippen LogP) is 22.1. The van der Waals surface area contributed by atoms with Gasteiger partial charge in [-0.3, -0.25) is 4.57 Å². The zero-order valence-electron chi connectivity index (χ0n) is 53.0. The summed E-state index contributed by atoms with van der Waals surface area (Å²) >= 11 is 0. The largest absolute Gasteiger partial charge is 0.457 e. The van der Waals surface area contributed by atoms with Crippen molar-refractivity contribution < 1.29 is 4.74 Å². The molecule has 0 saturated heterocycles. The summed E-state index contributed by atoms with van der Waals surface area (Å²) in [4.78, 5) is 10.1. The van der Waals surface area contributed by atoms with Crippen molar-refractivity contribution >= 4 is 66.4 Å². The summed E-state index contributed by atoms with van der Waals surface area (Å²) in [6.45, 7) is 35.2. The van der Waals surface area contributed by atoms with Crippen LogP contribution in [0.25, 0.3) is 77.4 Å². The molecular formula is C80H81N5O. The molecule has 12 aromatic rings. The van der Waals surface area contributed by atoms with E-state index in [4.69, 9.17) is 9.72 Å². The summed E-state index contributed by atoms with van der Waals surface area (Å²) < 4.78 is 11.8. The van der Waals surface area contributed by atoms with Crippen LogP contribution in [0.1, 0.15) is 132 Å². The molecule has 6 nitrogen and oxygen atoms in total. The minimum absolute atomic E-state index is 0.00145. The fourth-order valence-corrected chi connectivity index (χ4v) is 12.6. The highest BCUT2D eigenvalue weighted by atomic mass is 16.5. The predicted molar refractivity (Wildman–Crippen MR) is 366 cm³/mol. The van der Waals surface area contributed by atoms with E-state index in [9.17, 15) is 0 Å². The maximum absolute atomic E-state index is 7.05. The highest BCUT2D eigenvalue weighted by Gasteiger charge is 2.34. The van der Waals surface area contributed by atoms with Crippen molar-refractivity contribution in [2.75, 3.05) is 16.5 Å². The number of anilines is 4. The molecule has 3 aromatic heterocycles. The van der Waals surface area contributed by atoms with Crippen molar-refractivity contribution in [3.05, 3.63) is 234 Å². The lowest BCUT2D eigenvalue weighted by molar-refractivity contribution is 0.483. The molecule has 1 aliphatic rings. The molecular weight excluding hydrogens is 1050 g/mol. The van der Waals surface area contributed by atoms with Gasteiger partial charge in [0.15, 0.2) is 0 Å². The third kappa shape index (κ3) is 10.2. The van der Waals surface area contributed by atoms with Crippen LogP contribution in [0.5, 0.6) is 11.5 Å². The van der Waals surface area contributed by atoms with Gasteiger partial charge < -0.3 is 19.1 Å². The number of rotatable bonds is 8. The van der Waals surface area contributed by atoms with Crippen LogP contribution in [0.15, 0.2) is 206 Å². The smallest absolute Gasteiger partial charge is 0.137 e. The van der Waals surface area contributed by atoms with Gasteiger partial charge in [0.05, 0.1) is 33.4 Å². The minimum atomic E-state index is -0.0627. The molecule has 0 saturated carbocycles. The zero-order chi connectivity index (χ0) is 60.4. The lowest BCUT2D eigenvalue weighted by Gasteiger charge is -2.30. The quantitative estimate of drug-likeness (QED) is 0.152. The number of aromatic nitrogens is 3. The molecule has 0 N–H and O–H groups in total. The molecule has 86 heavy (non-hydrogen) atoms. The lowest BCUT2D eigenvalue weighted by atomic mass is 9.79. The molecule has 13 rings (SSSR count). The topological polar surface area (TPSA) is 38.5 Å². The van der Waals surface area contributed by atoms with Crippen LogP contribution in [0.2, 0.25) is 0 Å². The lowest BCUT2D eigenvalue weighted by Crippen LogP contribution is -2.25. The van der Waals surface area contributed by atoms with Crippen molar-refractivity contribution in [3.63, 3.8) is 0 Å². The van der Waals surface area contributed by atoms with E-state index in [1.807, 2.05) is 6.20 Å². The molecule has 0 atom stereocenters. The van der Waals surface area contributed by atoms with Crippen molar-refractivity contribution in [1.29, 1.82) is 0 Å². The van der Waals surface area contributed by atoms with Gasteiger partial charge in [-0.2, -0.15) is 0 Å². The Balaban J connectivity index is 0.912. The summed E-state index contributed by atoms with van der Waals surface area (Å²) in [5, 5.41) is 4.83. The van der Waals surface area contributed by atoms with Crippen molar-refractivity contribution in [3.8, 4) is 45.3 Å². The summed E-state index contributed by atoms with van der Waals surface area (Å²) in [5.74, 6) is 2.39. The van der Waals surface area contributed by atoms with E-state index < -0.39 is 0 Å². The van der Waals surface area contributed by atoms with Gasteiger partial charge in [0.25, 0.3) is 0 Å². The number of benzene rings is 9. The maximum atomic E-state index is 7.05. The first-order chi connectivity index (χ1) is 40.8. The number of hydrogen-bond donors (Lipinski definition) is 0. The molecule has 0 amide bonds. The number of ether oxygens (including phenoxy) is 1. The molecule has 0 bridgehead atoms. The van der Waals surface area contributed by atoms with E-state index >= 15 is 0 Å². The Morgan fingerprint density at radius 3 is 1.50 bits per heavy atom. The van der Waals surface area contributed by atoms with Crippen molar-refractivity contribution in [2.45, 2.75) is 131 Å². The molecule has 0 radical (unpaired) electrons. The van der Waals surface area contributed by atoms with Gasteiger partial charge in [0.2, 0.25) is 0 Å². The Morgan fingerprint density at radius 1 is 0.337 bits per heavy atom. The first-order valence-corrected chi connectivity index (χ1v) is 30.7. The van der Waals surface area contributed by atoms with Crippen LogP contribution in [0, 0.1) is 0 Å². The molecule has 0 unspecified atom stereocenters. The van der Waals surface area contributed by atoms with E-state index in [0.717, 1.165) is 56.4 Å². The minimum Gasteiger partial charge on any atom is -0.457 e. The monoisotopic (exact) mass is 1130 g/mol. The van der Waals surface area contributed by atoms with Gasteiger partial charge >= 0.3 is 0 Å². The average Bonchev–Trinajstić information content (AvgIpc) is 1.63.